The highest BCUT2D eigenvalue weighted by atomic mass is 32.2. The van der Waals surface area contributed by atoms with Crippen LogP contribution in [-0.4, -0.2) is 34.4 Å². The zero-order valence-corrected chi connectivity index (χ0v) is 17.3. The monoisotopic (exact) mass is 422 g/mol. The van der Waals surface area contributed by atoms with Crippen molar-refractivity contribution in [2.24, 2.45) is 5.10 Å². The predicted molar refractivity (Wildman–Crippen MR) is 117 cm³/mol. The van der Waals surface area contributed by atoms with E-state index in [0.29, 0.717) is 29.9 Å². The number of carbonyl (C=O) groups is 1. The van der Waals surface area contributed by atoms with Crippen LogP contribution in [0, 0.1) is 0 Å². The van der Waals surface area contributed by atoms with Crippen LogP contribution in [0.25, 0.3) is 0 Å². The summed E-state index contributed by atoms with van der Waals surface area (Å²) in [6.45, 7) is 2.88. The molecular formula is C22H22N4O3S. The lowest BCUT2D eigenvalue weighted by atomic mass is 10.2. The Labute approximate surface area is 179 Å². The number of nitrogens with zero attached hydrogens (tertiary/aromatic N) is 3. The molecule has 1 amide bonds. The van der Waals surface area contributed by atoms with E-state index >= 15 is 0 Å². The zero-order chi connectivity index (χ0) is 21.0. The molecule has 3 rings (SSSR count). The summed E-state index contributed by atoms with van der Waals surface area (Å²) in [7, 11) is 0. The van der Waals surface area contributed by atoms with Crippen molar-refractivity contribution in [3.63, 3.8) is 0 Å². The van der Waals surface area contributed by atoms with Gasteiger partial charge < -0.3 is 9.47 Å². The lowest BCUT2D eigenvalue weighted by Gasteiger charge is -2.12. The molecular weight excluding hydrogens is 400 g/mol. The molecule has 0 spiro atoms. The van der Waals surface area contributed by atoms with E-state index in [1.165, 1.54) is 11.8 Å². The van der Waals surface area contributed by atoms with Crippen molar-refractivity contribution >= 4 is 23.9 Å². The lowest BCUT2D eigenvalue weighted by Crippen LogP contribution is -2.19. The Hall–Kier alpha value is -3.39. The first-order valence-corrected chi connectivity index (χ1v) is 10.4. The molecule has 1 aromatic heterocycles. The second kappa shape index (κ2) is 11.6. The van der Waals surface area contributed by atoms with Gasteiger partial charge in [0.25, 0.3) is 5.91 Å². The summed E-state index contributed by atoms with van der Waals surface area (Å²) < 4.78 is 11.6. The number of ether oxygens (including phenoxy) is 2. The summed E-state index contributed by atoms with van der Waals surface area (Å²) in [5, 5.41) is 4.55. The van der Waals surface area contributed by atoms with Crippen LogP contribution < -0.4 is 14.9 Å². The van der Waals surface area contributed by atoms with Crippen LogP contribution in [0.15, 0.2) is 77.2 Å². The minimum Gasteiger partial charge on any atom is -0.490 e. The number of aromatic nitrogens is 2. The Kier molecular flexibility index (Phi) is 8.23. The largest absolute Gasteiger partial charge is 0.490 e. The third-order valence-corrected chi connectivity index (χ3v) is 4.66. The van der Waals surface area contributed by atoms with Gasteiger partial charge in [0.05, 0.1) is 18.6 Å². The predicted octanol–water partition coefficient (Wildman–Crippen LogP) is 3.70. The fraction of sp³-hybridized carbons (Fsp3) is 0.182. The topological polar surface area (TPSA) is 85.7 Å². The molecule has 1 N–H and O–H groups in total. The van der Waals surface area contributed by atoms with Crippen LogP contribution in [0.5, 0.6) is 11.5 Å². The van der Waals surface area contributed by atoms with E-state index in [1.54, 1.807) is 24.7 Å². The highest BCUT2D eigenvalue weighted by molar-refractivity contribution is 7.99. The standard InChI is InChI=1S/C22H22N4O3S/c1-2-28-20-13-18(9-10-19(20)29-15-17-7-4-3-5-8-17)14-25-26-21(27)16-30-22-23-11-6-12-24-22/h3-14H,2,15-16H2,1H3,(H,26,27)/b25-14-. The first-order chi connectivity index (χ1) is 14.7. The fourth-order valence-electron chi connectivity index (χ4n) is 2.43. The number of hydrazone groups is 1. The van der Waals surface area contributed by atoms with Crippen molar-refractivity contribution in [1.29, 1.82) is 0 Å². The second-order valence-corrected chi connectivity index (χ2v) is 6.97. The van der Waals surface area contributed by atoms with Crippen LogP contribution in [0.1, 0.15) is 18.1 Å². The highest BCUT2D eigenvalue weighted by Crippen LogP contribution is 2.28. The number of benzene rings is 2. The minimum absolute atomic E-state index is 0.178. The third-order valence-electron chi connectivity index (χ3n) is 3.78. The maximum Gasteiger partial charge on any atom is 0.250 e. The number of hydrogen-bond donors (Lipinski definition) is 1. The fourth-order valence-corrected chi connectivity index (χ4v) is 3.02. The molecule has 2 aromatic carbocycles. The van der Waals surface area contributed by atoms with Gasteiger partial charge in [0.2, 0.25) is 0 Å². The van der Waals surface area contributed by atoms with Gasteiger partial charge in [0, 0.05) is 12.4 Å². The Bertz CT molecular complexity index is 969. The van der Waals surface area contributed by atoms with Crippen LogP contribution in [-0.2, 0) is 11.4 Å². The van der Waals surface area contributed by atoms with E-state index in [-0.39, 0.29) is 11.7 Å². The Balaban J connectivity index is 1.54. The summed E-state index contributed by atoms with van der Waals surface area (Å²) in [5.41, 5.74) is 4.35. The molecule has 0 aliphatic heterocycles. The van der Waals surface area contributed by atoms with Gasteiger partial charge in [-0.15, -0.1) is 0 Å². The van der Waals surface area contributed by atoms with Gasteiger partial charge in [-0.3, -0.25) is 4.79 Å². The second-order valence-electron chi connectivity index (χ2n) is 6.03. The van der Waals surface area contributed by atoms with E-state index in [9.17, 15) is 4.79 Å². The van der Waals surface area contributed by atoms with Gasteiger partial charge in [-0.2, -0.15) is 5.10 Å². The highest BCUT2D eigenvalue weighted by Gasteiger charge is 2.07. The molecule has 7 nitrogen and oxygen atoms in total. The normalized spacial score (nSPS) is 10.7. The molecule has 0 atom stereocenters. The number of carbonyl (C=O) groups excluding carboxylic acids is 1. The van der Waals surface area contributed by atoms with Crippen molar-refractivity contribution in [2.75, 3.05) is 12.4 Å². The van der Waals surface area contributed by atoms with Crippen molar-refractivity contribution < 1.29 is 14.3 Å². The number of nitrogens with one attached hydrogen (secondary N) is 1. The average molecular weight is 423 g/mol. The molecule has 0 bridgehead atoms. The van der Waals surface area contributed by atoms with E-state index < -0.39 is 0 Å². The maximum atomic E-state index is 11.9. The molecule has 0 unspecified atom stereocenters. The van der Waals surface area contributed by atoms with Crippen LogP contribution in [0.3, 0.4) is 0 Å². The van der Waals surface area contributed by atoms with Gasteiger partial charge in [0.1, 0.15) is 6.61 Å². The van der Waals surface area contributed by atoms with Crippen molar-refractivity contribution in [3.8, 4) is 11.5 Å². The number of amides is 1. The van der Waals surface area contributed by atoms with Crippen LogP contribution in [0.2, 0.25) is 0 Å². The molecule has 0 saturated carbocycles. The minimum atomic E-state index is -0.239. The molecule has 3 aromatic rings. The molecule has 0 radical (unpaired) electrons. The molecule has 0 fully saturated rings. The quantitative estimate of drug-likeness (QED) is 0.232. The number of thioether (sulfide) groups is 1. The van der Waals surface area contributed by atoms with Crippen molar-refractivity contribution in [2.45, 2.75) is 18.7 Å². The molecule has 8 heteroatoms. The number of rotatable bonds is 10. The van der Waals surface area contributed by atoms with E-state index in [4.69, 9.17) is 9.47 Å². The van der Waals surface area contributed by atoms with Crippen LogP contribution in [0.4, 0.5) is 0 Å². The summed E-state index contributed by atoms with van der Waals surface area (Å²) in [4.78, 5) is 20.0. The Morgan fingerprint density at radius 1 is 1.07 bits per heavy atom. The van der Waals surface area contributed by atoms with E-state index in [1.807, 2.05) is 55.5 Å². The maximum absolute atomic E-state index is 11.9. The van der Waals surface area contributed by atoms with Gasteiger partial charge in [-0.25, -0.2) is 15.4 Å². The van der Waals surface area contributed by atoms with Crippen LogP contribution >= 0.6 is 11.8 Å². The smallest absolute Gasteiger partial charge is 0.250 e. The summed E-state index contributed by atoms with van der Waals surface area (Å²) in [6.07, 6.45) is 4.83. The Morgan fingerprint density at radius 2 is 1.87 bits per heavy atom. The zero-order valence-electron chi connectivity index (χ0n) is 16.5. The lowest BCUT2D eigenvalue weighted by molar-refractivity contribution is -0.118. The molecule has 0 aliphatic rings. The first kappa shape index (κ1) is 21.3. The molecule has 0 aliphatic carbocycles. The molecule has 0 saturated heterocycles. The van der Waals surface area contributed by atoms with Crippen molar-refractivity contribution in [1.82, 2.24) is 15.4 Å². The molecule has 154 valence electrons. The van der Waals surface area contributed by atoms with E-state index in [0.717, 1.165) is 11.1 Å². The first-order valence-electron chi connectivity index (χ1n) is 9.40. The van der Waals surface area contributed by atoms with Crippen molar-refractivity contribution in [3.05, 3.63) is 78.1 Å². The molecule has 1 heterocycles. The van der Waals surface area contributed by atoms with Gasteiger partial charge in [-0.05, 0) is 42.3 Å². The average Bonchev–Trinajstić information content (AvgIpc) is 2.79. The van der Waals surface area contributed by atoms with E-state index in [2.05, 4.69) is 20.5 Å². The van der Waals surface area contributed by atoms with Gasteiger partial charge >= 0.3 is 0 Å². The number of hydrogen-bond acceptors (Lipinski definition) is 7. The SMILES string of the molecule is CCOc1cc(/C=N\NC(=O)CSc2ncccn2)ccc1OCc1ccccc1. The van der Waals surface area contributed by atoms with Gasteiger partial charge in [-0.1, -0.05) is 42.1 Å². The summed E-state index contributed by atoms with van der Waals surface area (Å²) in [6, 6.07) is 17.2. The summed E-state index contributed by atoms with van der Waals surface area (Å²) >= 11 is 1.24. The third kappa shape index (κ3) is 6.89. The summed E-state index contributed by atoms with van der Waals surface area (Å²) in [5.74, 6) is 1.22. The Morgan fingerprint density at radius 3 is 2.63 bits per heavy atom. The molecule has 30 heavy (non-hydrogen) atoms. The van der Waals surface area contributed by atoms with Gasteiger partial charge in [0.15, 0.2) is 16.7 Å².